The highest BCUT2D eigenvalue weighted by Crippen LogP contribution is 1.86. The van der Waals surface area contributed by atoms with E-state index in [4.69, 9.17) is 17.3 Å². The molecule has 0 atom stereocenters. The van der Waals surface area contributed by atoms with Crippen LogP contribution in [0.3, 0.4) is 0 Å². The van der Waals surface area contributed by atoms with E-state index in [2.05, 4.69) is 13.1 Å². The van der Waals surface area contributed by atoms with Crippen molar-refractivity contribution in [2.45, 2.75) is 25.9 Å². The van der Waals surface area contributed by atoms with Gasteiger partial charge in [-0.2, -0.15) is 0 Å². The van der Waals surface area contributed by atoms with Gasteiger partial charge in [-0.15, -0.1) is 11.6 Å². The summed E-state index contributed by atoms with van der Waals surface area (Å²) >= 11 is 5.32. The predicted molar refractivity (Wildman–Crippen MR) is 49.3 cm³/mol. The van der Waals surface area contributed by atoms with Crippen LogP contribution in [0, 0.1) is 0 Å². The molecule has 0 saturated carbocycles. The summed E-state index contributed by atoms with van der Waals surface area (Å²) in [6.07, 6.45) is 2.11. The highest BCUT2D eigenvalue weighted by molar-refractivity contribution is 6.31. The fourth-order valence-electron chi connectivity index (χ4n) is 0.239. The second-order valence-corrected chi connectivity index (χ2v) is 3.68. The molecular weight excluding hydrogens is 150 g/mol. The van der Waals surface area contributed by atoms with E-state index < -0.39 is 0 Å². The maximum Gasteiger partial charge on any atom is 0.0223 e. The van der Waals surface area contributed by atoms with Gasteiger partial charge in [0.2, 0.25) is 0 Å². The molecule has 0 aliphatic rings. The second kappa shape index (κ2) is 15.8. The van der Waals surface area contributed by atoms with Gasteiger partial charge in [-0.05, 0) is 19.4 Å². The first-order valence-corrected chi connectivity index (χ1v) is 6.95. The summed E-state index contributed by atoms with van der Waals surface area (Å²) in [6, 6.07) is 0. The Hall–Kier alpha value is 0.467. The summed E-state index contributed by atoms with van der Waals surface area (Å²) in [5, 5.41) is 0. The van der Waals surface area contributed by atoms with Gasteiger partial charge in [0, 0.05) is 15.4 Å². The van der Waals surface area contributed by atoms with Gasteiger partial charge < -0.3 is 5.73 Å². The van der Waals surface area contributed by atoms with Crippen LogP contribution in [0.2, 0.25) is 13.1 Å². The Kier molecular flexibility index (Phi) is 21.4. The topological polar surface area (TPSA) is 26.0 Å². The second-order valence-electron chi connectivity index (χ2n) is 1.89. The number of nitrogens with two attached hydrogens (primary N) is 1. The quantitative estimate of drug-likeness (QED) is 0.382. The Morgan fingerprint density at radius 3 is 1.89 bits per heavy atom. The van der Waals surface area contributed by atoms with Crippen LogP contribution >= 0.6 is 11.6 Å². The average molecular weight is 168 g/mol. The van der Waals surface area contributed by atoms with Gasteiger partial charge in [0.05, 0.1) is 0 Å². The first-order valence-electron chi connectivity index (χ1n) is 3.59. The van der Waals surface area contributed by atoms with E-state index in [1.165, 1.54) is 0 Å². The van der Waals surface area contributed by atoms with Gasteiger partial charge in [-0.25, -0.2) is 0 Å². The van der Waals surface area contributed by atoms with Gasteiger partial charge in [0.25, 0.3) is 0 Å². The normalized spacial score (nSPS) is 8.00. The SMILES string of the molecule is C[SiH2]C.NCCCCCl. The van der Waals surface area contributed by atoms with Gasteiger partial charge in [-0.1, -0.05) is 13.1 Å². The number of alkyl halides is 1. The molecule has 9 heavy (non-hydrogen) atoms. The fraction of sp³-hybridized carbons (Fsp3) is 1.00. The van der Waals surface area contributed by atoms with Crippen LogP contribution in [0.4, 0.5) is 0 Å². The van der Waals surface area contributed by atoms with Crippen LogP contribution in [-0.2, 0) is 0 Å². The maximum absolute atomic E-state index is 5.32. The van der Waals surface area contributed by atoms with E-state index in [0.717, 1.165) is 25.3 Å². The minimum absolute atomic E-state index is 0.417. The lowest BCUT2D eigenvalue weighted by molar-refractivity contribution is 0.812. The molecule has 0 fully saturated rings. The third-order valence-corrected chi connectivity index (χ3v) is 0.855. The van der Waals surface area contributed by atoms with Crippen molar-refractivity contribution in [2.75, 3.05) is 12.4 Å². The number of unbranched alkanes of at least 4 members (excludes halogenated alkanes) is 1. The van der Waals surface area contributed by atoms with Crippen molar-refractivity contribution in [1.82, 2.24) is 0 Å². The zero-order valence-corrected chi connectivity index (χ0v) is 8.66. The van der Waals surface area contributed by atoms with Gasteiger partial charge in [0.15, 0.2) is 0 Å². The van der Waals surface area contributed by atoms with E-state index in [1.807, 2.05) is 0 Å². The molecule has 1 nitrogen and oxygen atoms in total. The molecule has 0 heterocycles. The molecule has 0 aromatic rings. The van der Waals surface area contributed by atoms with Gasteiger partial charge >= 0.3 is 0 Å². The van der Waals surface area contributed by atoms with Crippen LogP contribution in [0.5, 0.6) is 0 Å². The largest absolute Gasteiger partial charge is 0.330 e. The lowest BCUT2D eigenvalue weighted by Gasteiger charge is -1.85. The van der Waals surface area contributed by atoms with Crippen LogP contribution < -0.4 is 5.73 Å². The van der Waals surface area contributed by atoms with Crippen LogP contribution in [0.25, 0.3) is 0 Å². The van der Waals surface area contributed by atoms with Gasteiger partial charge in [0.1, 0.15) is 0 Å². The maximum atomic E-state index is 5.32. The molecule has 58 valence electrons. The molecule has 0 unspecified atom stereocenters. The van der Waals surface area contributed by atoms with Crippen molar-refractivity contribution in [3.8, 4) is 0 Å². The van der Waals surface area contributed by atoms with Crippen molar-refractivity contribution in [3.05, 3.63) is 0 Å². The van der Waals surface area contributed by atoms with E-state index >= 15 is 0 Å². The Bertz CT molecular complexity index is 32.2. The number of rotatable bonds is 3. The molecule has 2 N–H and O–H groups in total. The molecule has 0 saturated heterocycles. The van der Waals surface area contributed by atoms with Crippen LogP contribution in [-0.4, -0.2) is 21.9 Å². The van der Waals surface area contributed by atoms with Crippen molar-refractivity contribution in [2.24, 2.45) is 5.73 Å². The number of hydrogen-bond donors (Lipinski definition) is 1. The van der Waals surface area contributed by atoms with Crippen LogP contribution in [0.15, 0.2) is 0 Å². The molecular formula is C6H18ClNSi. The van der Waals surface area contributed by atoms with Crippen LogP contribution in [0.1, 0.15) is 12.8 Å². The fourth-order valence-corrected chi connectivity index (χ4v) is 0.428. The Labute approximate surface area is 65.8 Å². The van der Waals surface area contributed by atoms with E-state index in [9.17, 15) is 0 Å². The summed E-state index contributed by atoms with van der Waals surface area (Å²) in [4.78, 5) is 0. The molecule has 0 aromatic heterocycles. The minimum Gasteiger partial charge on any atom is -0.330 e. The Morgan fingerprint density at radius 2 is 1.78 bits per heavy atom. The molecule has 0 aliphatic heterocycles. The zero-order valence-electron chi connectivity index (χ0n) is 6.49. The number of halogens is 1. The zero-order chi connectivity index (χ0) is 7.54. The van der Waals surface area contributed by atoms with E-state index in [0.29, 0.717) is 9.52 Å². The molecule has 0 aromatic carbocycles. The average Bonchev–Trinajstić information content (AvgIpc) is 1.86. The minimum atomic E-state index is 0.417. The highest BCUT2D eigenvalue weighted by atomic mass is 35.5. The van der Waals surface area contributed by atoms with Crippen molar-refractivity contribution in [3.63, 3.8) is 0 Å². The highest BCUT2D eigenvalue weighted by Gasteiger charge is 1.76. The van der Waals surface area contributed by atoms with E-state index in [-0.39, 0.29) is 0 Å². The number of hydrogen-bond acceptors (Lipinski definition) is 1. The van der Waals surface area contributed by atoms with Crippen molar-refractivity contribution < 1.29 is 0 Å². The molecule has 0 bridgehead atoms. The summed E-state index contributed by atoms with van der Waals surface area (Å²) in [5.41, 5.74) is 5.16. The summed E-state index contributed by atoms with van der Waals surface area (Å²) in [6.45, 7) is 5.30. The predicted octanol–water partition coefficient (Wildman–Crippen LogP) is 1.22. The monoisotopic (exact) mass is 167 g/mol. The Balaban J connectivity index is 0. The molecule has 0 rings (SSSR count). The van der Waals surface area contributed by atoms with Crippen molar-refractivity contribution in [1.29, 1.82) is 0 Å². The lowest BCUT2D eigenvalue weighted by atomic mass is 10.3. The molecule has 3 heteroatoms. The Morgan fingerprint density at radius 1 is 1.33 bits per heavy atom. The van der Waals surface area contributed by atoms with Gasteiger partial charge in [-0.3, -0.25) is 0 Å². The molecule has 0 amide bonds. The summed E-state index contributed by atoms with van der Waals surface area (Å²) in [7, 11) is 0.417. The smallest absolute Gasteiger partial charge is 0.0223 e. The standard InChI is InChI=1S/C4H10ClN.C2H8Si/c5-3-1-2-4-6;1-3-2/h1-4,6H2;3H2,1-2H3. The lowest BCUT2D eigenvalue weighted by Crippen LogP contribution is -1.97. The summed E-state index contributed by atoms with van der Waals surface area (Å²) in [5.74, 6) is 0.747. The molecule has 0 aliphatic carbocycles. The van der Waals surface area contributed by atoms with E-state index in [1.54, 1.807) is 0 Å². The van der Waals surface area contributed by atoms with Crippen molar-refractivity contribution >= 4 is 21.1 Å². The first-order chi connectivity index (χ1) is 4.33. The summed E-state index contributed by atoms with van der Waals surface area (Å²) < 4.78 is 0. The third-order valence-electron chi connectivity index (χ3n) is 0.588. The molecule has 0 spiro atoms. The first kappa shape index (κ1) is 12.2. The third kappa shape index (κ3) is 29.5. The molecule has 0 radical (unpaired) electrons.